The molecule has 0 spiro atoms. The Labute approximate surface area is 173 Å². The lowest BCUT2D eigenvalue weighted by atomic mass is 10.2. The molecule has 146 valence electrons. The van der Waals surface area contributed by atoms with Gasteiger partial charge in [-0.2, -0.15) is 0 Å². The van der Waals surface area contributed by atoms with Crippen LogP contribution in [0.25, 0.3) is 10.8 Å². The van der Waals surface area contributed by atoms with Crippen molar-refractivity contribution < 1.29 is 13.9 Å². The molecule has 0 bridgehead atoms. The molecule has 0 saturated heterocycles. The van der Waals surface area contributed by atoms with E-state index in [9.17, 15) is 4.79 Å². The van der Waals surface area contributed by atoms with Gasteiger partial charge in [0.05, 0.1) is 17.0 Å². The summed E-state index contributed by atoms with van der Waals surface area (Å²) in [6.45, 7) is 2.33. The van der Waals surface area contributed by atoms with Gasteiger partial charge in [-0.15, -0.1) is 11.3 Å². The van der Waals surface area contributed by atoms with Gasteiger partial charge in [0.1, 0.15) is 18.1 Å². The molecule has 0 saturated carbocycles. The molecule has 4 rings (SSSR count). The monoisotopic (exact) mass is 404 g/mol. The fourth-order valence-electron chi connectivity index (χ4n) is 2.83. The fraction of sp³-hybridized carbons (Fsp3) is 0.130. The number of ether oxygens (including phenoxy) is 1. The van der Waals surface area contributed by atoms with Crippen LogP contribution in [0.2, 0.25) is 0 Å². The van der Waals surface area contributed by atoms with Gasteiger partial charge in [0, 0.05) is 5.69 Å². The number of thiophene rings is 1. The number of anilines is 1. The second kappa shape index (κ2) is 8.75. The topological polar surface area (TPSA) is 64.4 Å². The number of hydrogen-bond donors (Lipinski definition) is 1. The molecule has 0 unspecified atom stereocenters. The highest BCUT2D eigenvalue weighted by Crippen LogP contribution is 2.26. The normalized spacial score (nSPS) is 10.7. The number of amides is 1. The lowest BCUT2D eigenvalue weighted by molar-refractivity contribution is -0.115. The minimum Gasteiger partial charge on any atom is -0.489 e. The molecule has 29 heavy (non-hydrogen) atoms. The van der Waals surface area contributed by atoms with E-state index >= 15 is 0 Å². The minimum absolute atomic E-state index is 0.142. The molecule has 2 aromatic carbocycles. The van der Waals surface area contributed by atoms with Gasteiger partial charge >= 0.3 is 0 Å². The molecule has 0 atom stereocenters. The number of oxazole rings is 1. The Hall–Kier alpha value is -3.38. The van der Waals surface area contributed by atoms with E-state index < -0.39 is 0 Å². The van der Waals surface area contributed by atoms with E-state index in [-0.39, 0.29) is 12.3 Å². The third kappa shape index (κ3) is 4.92. The van der Waals surface area contributed by atoms with Crippen LogP contribution in [0.4, 0.5) is 5.69 Å². The van der Waals surface area contributed by atoms with Crippen molar-refractivity contribution in [1.82, 2.24) is 4.98 Å². The molecule has 0 radical (unpaired) electrons. The molecule has 2 heterocycles. The predicted molar refractivity (Wildman–Crippen MR) is 114 cm³/mol. The summed E-state index contributed by atoms with van der Waals surface area (Å²) in [6, 6.07) is 21.2. The number of carbonyl (C=O) groups excluding carboxylic acids is 1. The number of hydrogen-bond acceptors (Lipinski definition) is 5. The van der Waals surface area contributed by atoms with E-state index in [4.69, 9.17) is 9.15 Å². The second-order valence-electron chi connectivity index (χ2n) is 6.52. The third-order valence-corrected chi connectivity index (χ3v) is 5.20. The number of rotatable bonds is 7. The zero-order valence-electron chi connectivity index (χ0n) is 15.9. The van der Waals surface area contributed by atoms with Crippen molar-refractivity contribution in [3.63, 3.8) is 0 Å². The van der Waals surface area contributed by atoms with Crippen LogP contribution in [0.5, 0.6) is 5.75 Å². The number of carbonyl (C=O) groups is 1. The minimum atomic E-state index is -0.142. The SMILES string of the molecule is Cc1oc(-c2cccs2)nc1CC(=O)Nc1ccc(OCc2ccccc2)cc1. The molecule has 4 aromatic rings. The Balaban J connectivity index is 1.33. The van der Waals surface area contributed by atoms with E-state index in [2.05, 4.69) is 10.3 Å². The molecular weight excluding hydrogens is 384 g/mol. The van der Waals surface area contributed by atoms with Gasteiger partial charge in [0.2, 0.25) is 11.8 Å². The zero-order chi connectivity index (χ0) is 20.1. The van der Waals surface area contributed by atoms with Gasteiger partial charge < -0.3 is 14.5 Å². The largest absolute Gasteiger partial charge is 0.489 e. The first kappa shape index (κ1) is 19.0. The van der Waals surface area contributed by atoms with Crippen molar-refractivity contribution in [2.75, 3.05) is 5.32 Å². The van der Waals surface area contributed by atoms with E-state index in [1.807, 2.05) is 79.0 Å². The Bertz CT molecular complexity index is 1070. The highest BCUT2D eigenvalue weighted by atomic mass is 32.1. The van der Waals surface area contributed by atoms with Gasteiger partial charge in [0.25, 0.3) is 0 Å². The lowest BCUT2D eigenvalue weighted by Crippen LogP contribution is -2.15. The van der Waals surface area contributed by atoms with E-state index in [1.165, 1.54) is 0 Å². The summed E-state index contributed by atoms with van der Waals surface area (Å²) in [7, 11) is 0. The molecule has 2 aromatic heterocycles. The summed E-state index contributed by atoms with van der Waals surface area (Å²) < 4.78 is 11.5. The summed E-state index contributed by atoms with van der Waals surface area (Å²) >= 11 is 1.55. The van der Waals surface area contributed by atoms with Crippen molar-refractivity contribution >= 4 is 22.9 Å². The smallest absolute Gasteiger partial charge is 0.236 e. The van der Waals surface area contributed by atoms with Crippen LogP contribution in [0, 0.1) is 6.92 Å². The molecule has 0 aliphatic rings. The summed E-state index contributed by atoms with van der Waals surface area (Å²) in [5.74, 6) is 1.82. The standard InChI is InChI=1S/C23H20N2O3S/c1-16-20(25-23(28-16)21-8-5-13-29-21)14-22(26)24-18-9-11-19(12-10-18)27-15-17-6-3-2-4-7-17/h2-13H,14-15H2,1H3,(H,24,26). The Morgan fingerprint density at radius 2 is 1.86 bits per heavy atom. The quantitative estimate of drug-likeness (QED) is 0.443. The summed E-state index contributed by atoms with van der Waals surface area (Å²) in [6.07, 6.45) is 0.160. The number of nitrogens with zero attached hydrogens (tertiary/aromatic N) is 1. The van der Waals surface area contributed by atoms with Gasteiger partial charge in [-0.1, -0.05) is 36.4 Å². The molecule has 0 aliphatic heterocycles. The Kier molecular flexibility index (Phi) is 5.72. The van der Waals surface area contributed by atoms with E-state index in [0.29, 0.717) is 29.6 Å². The summed E-state index contributed by atoms with van der Waals surface area (Å²) in [5, 5.41) is 4.86. The molecule has 1 N–H and O–H groups in total. The van der Waals surface area contributed by atoms with Crippen molar-refractivity contribution in [3.05, 3.63) is 89.1 Å². The summed E-state index contributed by atoms with van der Waals surface area (Å²) in [4.78, 5) is 17.8. The maximum absolute atomic E-state index is 12.4. The van der Waals surface area contributed by atoms with Gasteiger partial charge in [-0.25, -0.2) is 4.98 Å². The van der Waals surface area contributed by atoms with Gasteiger partial charge in [-0.05, 0) is 48.2 Å². The average Bonchev–Trinajstić information content (AvgIpc) is 3.39. The van der Waals surface area contributed by atoms with Crippen LogP contribution in [-0.4, -0.2) is 10.9 Å². The lowest BCUT2D eigenvalue weighted by Gasteiger charge is -2.08. The first-order chi connectivity index (χ1) is 14.2. The van der Waals surface area contributed by atoms with E-state index in [0.717, 1.165) is 16.2 Å². The van der Waals surface area contributed by atoms with Crippen LogP contribution in [-0.2, 0) is 17.8 Å². The number of aromatic nitrogens is 1. The zero-order valence-corrected chi connectivity index (χ0v) is 16.7. The fourth-order valence-corrected chi connectivity index (χ4v) is 3.48. The molecule has 6 heteroatoms. The predicted octanol–water partition coefficient (Wildman–Crippen LogP) is 5.47. The van der Waals surface area contributed by atoms with Gasteiger partial charge in [0.15, 0.2) is 0 Å². The third-order valence-electron chi connectivity index (χ3n) is 4.34. The Morgan fingerprint density at radius 3 is 2.59 bits per heavy atom. The van der Waals surface area contributed by atoms with E-state index in [1.54, 1.807) is 11.3 Å². The van der Waals surface area contributed by atoms with Gasteiger partial charge in [-0.3, -0.25) is 4.79 Å². The van der Waals surface area contributed by atoms with Crippen molar-refractivity contribution in [1.29, 1.82) is 0 Å². The number of nitrogens with one attached hydrogen (secondary N) is 1. The Morgan fingerprint density at radius 1 is 1.07 bits per heavy atom. The van der Waals surface area contributed by atoms with Crippen LogP contribution in [0.15, 0.2) is 76.5 Å². The maximum Gasteiger partial charge on any atom is 0.236 e. The van der Waals surface area contributed by atoms with Crippen LogP contribution in [0.1, 0.15) is 17.0 Å². The van der Waals surface area contributed by atoms with Crippen LogP contribution >= 0.6 is 11.3 Å². The molecule has 5 nitrogen and oxygen atoms in total. The highest BCUT2D eigenvalue weighted by Gasteiger charge is 2.15. The molecule has 0 aliphatic carbocycles. The number of benzene rings is 2. The average molecular weight is 404 g/mol. The van der Waals surface area contributed by atoms with Crippen molar-refractivity contribution in [2.24, 2.45) is 0 Å². The maximum atomic E-state index is 12.4. The second-order valence-corrected chi connectivity index (χ2v) is 7.47. The summed E-state index contributed by atoms with van der Waals surface area (Å²) in [5.41, 5.74) is 2.46. The van der Waals surface area contributed by atoms with Crippen molar-refractivity contribution in [3.8, 4) is 16.5 Å². The van der Waals surface area contributed by atoms with Crippen LogP contribution in [0.3, 0.4) is 0 Å². The highest BCUT2D eigenvalue weighted by molar-refractivity contribution is 7.13. The van der Waals surface area contributed by atoms with Crippen LogP contribution < -0.4 is 10.1 Å². The number of aryl methyl sites for hydroxylation is 1. The first-order valence-corrected chi connectivity index (χ1v) is 10.1. The molecule has 1 amide bonds. The first-order valence-electron chi connectivity index (χ1n) is 9.24. The van der Waals surface area contributed by atoms with Crippen molar-refractivity contribution in [2.45, 2.75) is 20.0 Å². The molecular formula is C23H20N2O3S. The molecule has 0 fully saturated rings.